The SMILES string of the molecule is CC1CCC(OCC(O)CNCc2cccnn2)CC1. The topological polar surface area (TPSA) is 67.3 Å². The highest BCUT2D eigenvalue weighted by molar-refractivity contribution is 4.98. The van der Waals surface area contributed by atoms with Crippen molar-refractivity contribution in [1.29, 1.82) is 0 Å². The van der Waals surface area contributed by atoms with Crippen LogP contribution in [0.2, 0.25) is 0 Å². The van der Waals surface area contributed by atoms with Crippen molar-refractivity contribution in [1.82, 2.24) is 15.5 Å². The van der Waals surface area contributed by atoms with Gasteiger partial charge in [-0.25, -0.2) is 0 Å². The van der Waals surface area contributed by atoms with Gasteiger partial charge in [-0.3, -0.25) is 0 Å². The van der Waals surface area contributed by atoms with Gasteiger partial charge >= 0.3 is 0 Å². The van der Waals surface area contributed by atoms with E-state index in [1.54, 1.807) is 6.20 Å². The van der Waals surface area contributed by atoms with E-state index in [1.165, 1.54) is 12.8 Å². The van der Waals surface area contributed by atoms with Crippen molar-refractivity contribution in [2.45, 2.75) is 51.4 Å². The number of rotatable bonds is 7. The lowest BCUT2D eigenvalue weighted by molar-refractivity contribution is -0.0278. The smallest absolute Gasteiger partial charge is 0.0897 e. The van der Waals surface area contributed by atoms with Crippen LogP contribution in [0.15, 0.2) is 18.3 Å². The quantitative estimate of drug-likeness (QED) is 0.792. The van der Waals surface area contributed by atoms with E-state index in [2.05, 4.69) is 22.4 Å². The third-order valence-electron chi connectivity index (χ3n) is 3.80. The molecular weight excluding hydrogens is 254 g/mol. The van der Waals surface area contributed by atoms with Crippen molar-refractivity contribution >= 4 is 0 Å². The van der Waals surface area contributed by atoms with Gasteiger partial charge in [-0.05, 0) is 43.7 Å². The summed E-state index contributed by atoms with van der Waals surface area (Å²) in [5.74, 6) is 0.827. The maximum absolute atomic E-state index is 9.89. The lowest BCUT2D eigenvalue weighted by Gasteiger charge is -2.27. The molecule has 112 valence electrons. The fourth-order valence-electron chi connectivity index (χ4n) is 2.50. The molecule has 1 aliphatic rings. The minimum atomic E-state index is -0.467. The molecule has 1 aromatic rings. The normalized spacial score (nSPS) is 24.5. The van der Waals surface area contributed by atoms with Gasteiger partial charge in [0.1, 0.15) is 0 Å². The van der Waals surface area contributed by atoms with E-state index in [0.29, 0.717) is 25.8 Å². The highest BCUT2D eigenvalue weighted by atomic mass is 16.5. The number of nitrogens with zero attached hydrogens (tertiary/aromatic N) is 2. The van der Waals surface area contributed by atoms with E-state index in [1.807, 2.05) is 12.1 Å². The van der Waals surface area contributed by atoms with Crippen LogP contribution in [0.5, 0.6) is 0 Å². The predicted octanol–water partition coefficient (Wildman–Crippen LogP) is 1.52. The molecule has 1 saturated carbocycles. The third kappa shape index (κ3) is 5.53. The summed E-state index contributed by atoms with van der Waals surface area (Å²) in [6.07, 6.45) is 6.25. The number of hydrogen-bond donors (Lipinski definition) is 2. The third-order valence-corrected chi connectivity index (χ3v) is 3.80. The van der Waals surface area contributed by atoms with Crippen LogP contribution in [0.25, 0.3) is 0 Å². The number of aromatic nitrogens is 2. The Morgan fingerprint density at radius 2 is 2.20 bits per heavy atom. The highest BCUT2D eigenvalue weighted by Gasteiger charge is 2.19. The van der Waals surface area contributed by atoms with E-state index in [9.17, 15) is 5.11 Å². The molecule has 0 bridgehead atoms. The summed E-state index contributed by atoms with van der Waals surface area (Å²) >= 11 is 0. The molecule has 1 fully saturated rings. The summed E-state index contributed by atoms with van der Waals surface area (Å²) in [6, 6.07) is 3.76. The number of aliphatic hydroxyl groups is 1. The van der Waals surface area contributed by atoms with Gasteiger partial charge in [0.25, 0.3) is 0 Å². The molecule has 0 aliphatic heterocycles. The first-order valence-electron chi connectivity index (χ1n) is 7.51. The molecule has 2 rings (SSSR count). The average molecular weight is 279 g/mol. The summed E-state index contributed by atoms with van der Waals surface area (Å²) in [6.45, 7) is 3.83. The van der Waals surface area contributed by atoms with E-state index in [4.69, 9.17) is 4.74 Å². The second-order valence-corrected chi connectivity index (χ2v) is 5.71. The lowest BCUT2D eigenvalue weighted by Crippen LogP contribution is -2.32. The van der Waals surface area contributed by atoms with Crippen molar-refractivity contribution in [3.63, 3.8) is 0 Å². The number of nitrogens with one attached hydrogen (secondary N) is 1. The summed E-state index contributed by atoms with van der Waals surface area (Å²) in [7, 11) is 0. The first kappa shape index (κ1) is 15.4. The van der Waals surface area contributed by atoms with Crippen molar-refractivity contribution < 1.29 is 9.84 Å². The number of hydrogen-bond acceptors (Lipinski definition) is 5. The van der Waals surface area contributed by atoms with Crippen molar-refractivity contribution in [2.75, 3.05) is 13.2 Å². The Labute approximate surface area is 120 Å². The van der Waals surface area contributed by atoms with Gasteiger partial charge in [-0.15, -0.1) is 0 Å². The van der Waals surface area contributed by atoms with Crippen LogP contribution in [0.1, 0.15) is 38.3 Å². The van der Waals surface area contributed by atoms with Crippen molar-refractivity contribution in [2.24, 2.45) is 5.92 Å². The fraction of sp³-hybridized carbons (Fsp3) is 0.733. The summed E-state index contributed by atoms with van der Waals surface area (Å²) in [4.78, 5) is 0. The monoisotopic (exact) mass is 279 g/mol. The molecule has 0 spiro atoms. The van der Waals surface area contributed by atoms with Crippen LogP contribution < -0.4 is 5.32 Å². The Kier molecular flexibility index (Phi) is 6.36. The van der Waals surface area contributed by atoms with Crippen molar-refractivity contribution in [3.05, 3.63) is 24.0 Å². The van der Waals surface area contributed by atoms with Crippen LogP contribution >= 0.6 is 0 Å². The van der Waals surface area contributed by atoms with E-state index in [-0.39, 0.29) is 0 Å². The second-order valence-electron chi connectivity index (χ2n) is 5.71. The Balaban J connectivity index is 1.55. The number of ether oxygens (including phenoxy) is 1. The van der Waals surface area contributed by atoms with Crippen LogP contribution in [0.3, 0.4) is 0 Å². The summed E-state index contributed by atoms with van der Waals surface area (Å²) in [5.41, 5.74) is 0.877. The molecule has 5 nitrogen and oxygen atoms in total. The molecule has 1 aromatic heterocycles. The minimum Gasteiger partial charge on any atom is -0.389 e. The molecule has 20 heavy (non-hydrogen) atoms. The molecule has 0 aromatic carbocycles. The molecule has 1 heterocycles. The molecule has 1 aliphatic carbocycles. The van der Waals surface area contributed by atoms with Crippen LogP contribution in [-0.2, 0) is 11.3 Å². The van der Waals surface area contributed by atoms with Crippen LogP contribution in [-0.4, -0.2) is 40.7 Å². The van der Waals surface area contributed by atoms with E-state index >= 15 is 0 Å². The van der Waals surface area contributed by atoms with Crippen LogP contribution in [0.4, 0.5) is 0 Å². The summed E-state index contributed by atoms with van der Waals surface area (Å²) < 4.78 is 5.78. The molecule has 0 saturated heterocycles. The Morgan fingerprint density at radius 1 is 1.40 bits per heavy atom. The minimum absolute atomic E-state index is 0.334. The Bertz CT molecular complexity index is 367. The molecule has 5 heteroatoms. The number of aliphatic hydroxyl groups excluding tert-OH is 1. The lowest BCUT2D eigenvalue weighted by atomic mass is 9.89. The molecule has 0 amide bonds. The van der Waals surface area contributed by atoms with Crippen molar-refractivity contribution in [3.8, 4) is 0 Å². The maximum Gasteiger partial charge on any atom is 0.0897 e. The van der Waals surface area contributed by atoms with Gasteiger partial charge in [0.05, 0.1) is 24.5 Å². The van der Waals surface area contributed by atoms with E-state index < -0.39 is 6.10 Å². The van der Waals surface area contributed by atoms with Crippen LogP contribution in [0, 0.1) is 5.92 Å². The largest absolute Gasteiger partial charge is 0.389 e. The zero-order valence-corrected chi connectivity index (χ0v) is 12.2. The summed E-state index contributed by atoms with van der Waals surface area (Å²) in [5, 5.41) is 20.8. The van der Waals surface area contributed by atoms with Gasteiger partial charge in [0.15, 0.2) is 0 Å². The first-order valence-corrected chi connectivity index (χ1v) is 7.51. The predicted molar refractivity (Wildman–Crippen MR) is 77.1 cm³/mol. The Hall–Kier alpha value is -1.04. The molecular formula is C15H25N3O2. The first-order chi connectivity index (χ1) is 9.74. The van der Waals surface area contributed by atoms with Gasteiger partial charge in [0, 0.05) is 19.3 Å². The average Bonchev–Trinajstić information content (AvgIpc) is 2.48. The molecule has 2 N–H and O–H groups in total. The molecule has 0 radical (unpaired) electrons. The highest BCUT2D eigenvalue weighted by Crippen LogP contribution is 2.25. The zero-order chi connectivity index (χ0) is 14.2. The second kappa shape index (κ2) is 8.29. The molecule has 1 unspecified atom stereocenters. The van der Waals surface area contributed by atoms with Gasteiger partial charge < -0.3 is 15.2 Å². The maximum atomic E-state index is 9.89. The fourth-order valence-corrected chi connectivity index (χ4v) is 2.50. The van der Waals surface area contributed by atoms with Gasteiger partial charge in [0.2, 0.25) is 0 Å². The standard InChI is InChI=1S/C15H25N3O2/c1-12-4-6-15(7-5-12)20-11-14(19)10-16-9-13-3-2-8-17-18-13/h2-3,8,12,14-16,19H,4-7,9-11H2,1H3. The van der Waals surface area contributed by atoms with Gasteiger partial charge in [-0.1, -0.05) is 6.92 Å². The van der Waals surface area contributed by atoms with Gasteiger partial charge in [-0.2, -0.15) is 10.2 Å². The zero-order valence-electron chi connectivity index (χ0n) is 12.2. The molecule has 1 atom stereocenters. The van der Waals surface area contributed by atoms with E-state index in [0.717, 1.165) is 24.5 Å². The Morgan fingerprint density at radius 3 is 2.90 bits per heavy atom.